The summed E-state index contributed by atoms with van der Waals surface area (Å²) in [4.78, 5) is 12.6. The van der Waals surface area contributed by atoms with E-state index in [1.807, 2.05) is 31.2 Å². The first kappa shape index (κ1) is 18.1. The van der Waals surface area contributed by atoms with E-state index in [9.17, 15) is 4.79 Å². The summed E-state index contributed by atoms with van der Waals surface area (Å²) in [5, 5.41) is 2.97. The van der Waals surface area contributed by atoms with Crippen LogP contribution in [-0.2, 0) is 0 Å². The Kier molecular flexibility index (Phi) is 6.09. The molecule has 1 atom stereocenters. The average molecular weight is 394 g/mol. The van der Waals surface area contributed by atoms with Gasteiger partial charge in [0.1, 0.15) is 0 Å². The van der Waals surface area contributed by atoms with Crippen LogP contribution in [0.15, 0.2) is 40.9 Å². The van der Waals surface area contributed by atoms with Gasteiger partial charge in [0.15, 0.2) is 11.5 Å². The topological polar surface area (TPSA) is 56.8 Å². The lowest BCUT2D eigenvalue weighted by molar-refractivity contribution is 0.0939. The molecule has 24 heavy (non-hydrogen) atoms. The van der Waals surface area contributed by atoms with E-state index in [0.717, 1.165) is 10.0 Å². The molecule has 128 valence electrons. The first-order chi connectivity index (χ1) is 11.5. The second-order valence-corrected chi connectivity index (χ2v) is 6.08. The van der Waals surface area contributed by atoms with Crippen molar-refractivity contribution >= 4 is 21.8 Å². The van der Waals surface area contributed by atoms with Crippen LogP contribution in [0.1, 0.15) is 28.9 Å². The van der Waals surface area contributed by atoms with Crippen molar-refractivity contribution in [3.63, 3.8) is 0 Å². The molecule has 0 aliphatic rings. The Bertz CT molecular complexity index is 690. The Morgan fingerprint density at radius 1 is 1.00 bits per heavy atom. The Morgan fingerprint density at radius 3 is 2.00 bits per heavy atom. The second kappa shape index (κ2) is 8.06. The van der Waals surface area contributed by atoms with Crippen LogP contribution >= 0.6 is 15.9 Å². The van der Waals surface area contributed by atoms with E-state index in [1.54, 1.807) is 12.1 Å². The summed E-state index contributed by atoms with van der Waals surface area (Å²) in [5.74, 6) is 1.12. The van der Waals surface area contributed by atoms with Gasteiger partial charge in [0, 0.05) is 10.0 Å². The van der Waals surface area contributed by atoms with Crippen molar-refractivity contribution in [2.24, 2.45) is 0 Å². The number of carbonyl (C=O) groups excluding carboxylic acids is 1. The zero-order valence-electron chi connectivity index (χ0n) is 14.1. The van der Waals surface area contributed by atoms with Crippen LogP contribution < -0.4 is 19.5 Å². The van der Waals surface area contributed by atoms with Gasteiger partial charge in [0.2, 0.25) is 5.75 Å². The lowest BCUT2D eigenvalue weighted by Gasteiger charge is -2.17. The molecule has 0 radical (unpaired) electrons. The molecule has 0 aromatic heterocycles. The Morgan fingerprint density at radius 2 is 1.54 bits per heavy atom. The highest BCUT2D eigenvalue weighted by molar-refractivity contribution is 9.10. The highest BCUT2D eigenvalue weighted by Gasteiger charge is 2.18. The van der Waals surface area contributed by atoms with Crippen LogP contribution in [0.3, 0.4) is 0 Å². The van der Waals surface area contributed by atoms with Crippen molar-refractivity contribution in [3.05, 3.63) is 52.0 Å². The maximum Gasteiger partial charge on any atom is 0.252 e. The molecule has 1 N–H and O–H groups in total. The van der Waals surface area contributed by atoms with Gasteiger partial charge in [-0.25, -0.2) is 0 Å². The van der Waals surface area contributed by atoms with Crippen molar-refractivity contribution in [1.82, 2.24) is 5.32 Å². The number of carbonyl (C=O) groups is 1. The van der Waals surface area contributed by atoms with E-state index >= 15 is 0 Å². The lowest BCUT2D eigenvalue weighted by Crippen LogP contribution is -2.26. The summed E-state index contributed by atoms with van der Waals surface area (Å²) in [7, 11) is 4.56. The number of benzene rings is 2. The predicted octanol–water partition coefficient (Wildman–Crippen LogP) is 3.97. The molecule has 2 aromatic carbocycles. The van der Waals surface area contributed by atoms with Gasteiger partial charge in [-0.2, -0.15) is 0 Å². The molecule has 5 nitrogen and oxygen atoms in total. The molecule has 1 amide bonds. The third-order valence-corrected chi connectivity index (χ3v) is 4.17. The quantitative estimate of drug-likeness (QED) is 0.806. The Balaban J connectivity index is 2.24. The normalized spacial score (nSPS) is 11.5. The van der Waals surface area contributed by atoms with Gasteiger partial charge < -0.3 is 19.5 Å². The fourth-order valence-corrected chi connectivity index (χ4v) is 2.59. The summed E-state index contributed by atoms with van der Waals surface area (Å²) in [6.07, 6.45) is 0. The minimum absolute atomic E-state index is 0.135. The van der Waals surface area contributed by atoms with Gasteiger partial charge in [0.05, 0.1) is 27.4 Å². The number of hydrogen-bond donors (Lipinski definition) is 1. The number of ether oxygens (including phenoxy) is 3. The van der Waals surface area contributed by atoms with Crippen molar-refractivity contribution in [2.75, 3.05) is 21.3 Å². The number of nitrogens with one attached hydrogen (secondary N) is 1. The molecule has 0 bridgehead atoms. The van der Waals surface area contributed by atoms with Gasteiger partial charge in [-0.3, -0.25) is 4.79 Å². The summed E-state index contributed by atoms with van der Waals surface area (Å²) in [6, 6.07) is 10.9. The lowest BCUT2D eigenvalue weighted by atomic mass is 10.1. The van der Waals surface area contributed by atoms with E-state index in [1.165, 1.54) is 21.3 Å². The van der Waals surface area contributed by atoms with Gasteiger partial charge in [-0.15, -0.1) is 0 Å². The molecular weight excluding hydrogens is 374 g/mol. The van der Waals surface area contributed by atoms with Crippen LogP contribution in [0.5, 0.6) is 17.2 Å². The Labute approximate surface area is 150 Å². The zero-order valence-corrected chi connectivity index (χ0v) is 15.6. The average Bonchev–Trinajstić information content (AvgIpc) is 2.60. The summed E-state index contributed by atoms with van der Waals surface area (Å²) >= 11 is 3.40. The molecule has 2 aromatic rings. The van der Waals surface area contributed by atoms with Crippen LogP contribution in [0, 0.1) is 0 Å². The van der Waals surface area contributed by atoms with E-state index in [4.69, 9.17) is 14.2 Å². The van der Waals surface area contributed by atoms with Crippen molar-refractivity contribution in [3.8, 4) is 17.2 Å². The van der Waals surface area contributed by atoms with Gasteiger partial charge >= 0.3 is 0 Å². The SMILES string of the molecule is COc1cc(C(=O)N[C@@H](C)c2ccc(Br)cc2)cc(OC)c1OC. The standard InChI is InChI=1S/C18H20BrNO4/c1-11(12-5-7-14(19)8-6-12)20-18(21)13-9-15(22-2)17(24-4)16(10-13)23-3/h5-11H,1-4H3,(H,20,21)/t11-/m0/s1. The van der Waals surface area contributed by atoms with Gasteiger partial charge in [-0.1, -0.05) is 28.1 Å². The molecule has 0 heterocycles. The maximum absolute atomic E-state index is 12.6. The number of amides is 1. The molecule has 0 aliphatic heterocycles. The summed E-state index contributed by atoms with van der Waals surface area (Å²) in [5.41, 5.74) is 1.45. The molecule has 0 fully saturated rings. The maximum atomic E-state index is 12.6. The van der Waals surface area contributed by atoms with Crippen molar-refractivity contribution < 1.29 is 19.0 Å². The second-order valence-electron chi connectivity index (χ2n) is 5.16. The fourth-order valence-electron chi connectivity index (χ4n) is 2.33. The van der Waals surface area contributed by atoms with Crippen LogP contribution in [0.2, 0.25) is 0 Å². The molecular formula is C18H20BrNO4. The molecule has 0 saturated heterocycles. The molecule has 0 aliphatic carbocycles. The molecule has 0 spiro atoms. The fraction of sp³-hybridized carbons (Fsp3) is 0.278. The Hall–Kier alpha value is -2.21. The smallest absolute Gasteiger partial charge is 0.252 e. The predicted molar refractivity (Wildman–Crippen MR) is 96.1 cm³/mol. The van der Waals surface area contributed by atoms with Crippen molar-refractivity contribution in [1.29, 1.82) is 0 Å². The van der Waals surface area contributed by atoms with E-state index < -0.39 is 0 Å². The highest BCUT2D eigenvalue weighted by atomic mass is 79.9. The van der Waals surface area contributed by atoms with E-state index in [2.05, 4.69) is 21.2 Å². The van der Waals surface area contributed by atoms with Crippen molar-refractivity contribution in [2.45, 2.75) is 13.0 Å². The number of halogens is 1. The summed E-state index contributed by atoms with van der Waals surface area (Å²) in [6.45, 7) is 1.93. The van der Waals surface area contributed by atoms with Crippen LogP contribution in [0.4, 0.5) is 0 Å². The molecule has 6 heteroatoms. The van der Waals surface area contributed by atoms with E-state index in [-0.39, 0.29) is 11.9 Å². The number of rotatable bonds is 6. The molecule has 2 rings (SSSR count). The van der Waals surface area contributed by atoms with E-state index in [0.29, 0.717) is 22.8 Å². The van der Waals surface area contributed by atoms with Crippen LogP contribution in [0.25, 0.3) is 0 Å². The largest absolute Gasteiger partial charge is 0.493 e. The number of hydrogen-bond acceptors (Lipinski definition) is 4. The third-order valence-electron chi connectivity index (χ3n) is 3.64. The first-order valence-corrected chi connectivity index (χ1v) is 8.15. The minimum atomic E-state index is -0.218. The molecule has 0 unspecified atom stereocenters. The van der Waals surface area contributed by atoms with Crippen LogP contribution in [-0.4, -0.2) is 27.2 Å². The third kappa shape index (κ3) is 4.00. The minimum Gasteiger partial charge on any atom is -0.493 e. The summed E-state index contributed by atoms with van der Waals surface area (Å²) < 4.78 is 16.8. The number of methoxy groups -OCH3 is 3. The van der Waals surface area contributed by atoms with Gasteiger partial charge in [0.25, 0.3) is 5.91 Å². The first-order valence-electron chi connectivity index (χ1n) is 7.36. The monoisotopic (exact) mass is 393 g/mol. The highest BCUT2D eigenvalue weighted by Crippen LogP contribution is 2.38. The van der Waals surface area contributed by atoms with Gasteiger partial charge in [-0.05, 0) is 36.8 Å². The molecule has 0 saturated carbocycles. The zero-order chi connectivity index (χ0) is 17.7.